The lowest BCUT2D eigenvalue weighted by Crippen LogP contribution is -2.25. The molecule has 8 heteroatoms. The van der Waals surface area contributed by atoms with E-state index in [4.69, 9.17) is 6.42 Å². The predicted molar refractivity (Wildman–Crippen MR) is 102 cm³/mol. The molecule has 0 aliphatic rings. The van der Waals surface area contributed by atoms with Crippen molar-refractivity contribution in [1.29, 1.82) is 0 Å². The number of hydrogen-bond donors (Lipinski definition) is 1. The van der Waals surface area contributed by atoms with E-state index in [0.717, 1.165) is 18.4 Å². The number of carbonyl (C=O) groups excluding carboxylic acids is 1. The molecule has 1 N–H and O–H groups in total. The van der Waals surface area contributed by atoms with Crippen LogP contribution in [0.3, 0.4) is 0 Å². The first-order valence-electron chi connectivity index (χ1n) is 8.37. The average Bonchev–Trinajstić information content (AvgIpc) is 3.08. The molecule has 26 heavy (non-hydrogen) atoms. The van der Waals surface area contributed by atoms with Crippen LogP contribution in [0, 0.1) is 12.3 Å². The van der Waals surface area contributed by atoms with Gasteiger partial charge in [0.2, 0.25) is 11.7 Å². The molecule has 2 heterocycles. The second kappa shape index (κ2) is 8.06. The van der Waals surface area contributed by atoms with E-state index < -0.39 is 0 Å². The van der Waals surface area contributed by atoms with Gasteiger partial charge in [0.05, 0.1) is 23.2 Å². The molecule has 0 radical (unpaired) electrons. The van der Waals surface area contributed by atoms with Crippen molar-refractivity contribution in [2.24, 2.45) is 0 Å². The van der Waals surface area contributed by atoms with Crippen molar-refractivity contribution in [3.05, 3.63) is 34.6 Å². The third-order valence-electron chi connectivity index (χ3n) is 3.93. The van der Waals surface area contributed by atoms with Gasteiger partial charge < -0.3 is 5.32 Å². The number of hydrogen-bond acceptors (Lipinski definition) is 5. The van der Waals surface area contributed by atoms with Crippen LogP contribution < -0.4 is 10.9 Å². The van der Waals surface area contributed by atoms with E-state index in [2.05, 4.69) is 28.4 Å². The molecule has 3 rings (SSSR count). The summed E-state index contributed by atoms with van der Waals surface area (Å²) >= 11 is 1.26. The van der Waals surface area contributed by atoms with Gasteiger partial charge in [0, 0.05) is 6.54 Å². The Morgan fingerprint density at radius 1 is 1.35 bits per heavy atom. The molecule has 1 aromatic carbocycles. The number of rotatable bonds is 7. The minimum absolute atomic E-state index is 0.0720. The minimum atomic E-state index is -0.173. The zero-order valence-corrected chi connectivity index (χ0v) is 15.3. The summed E-state index contributed by atoms with van der Waals surface area (Å²) in [5.41, 5.74) is 0.661. The van der Waals surface area contributed by atoms with E-state index in [1.807, 2.05) is 22.6 Å². The van der Waals surface area contributed by atoms with Gasteiger partial charge in [-0.3, -0.25) is 18.6 Å². The zero-order valence-electron chi connectivity index (χ0n) is 14.4. The average molecular weight is 369 g/mol. The molecule has 0 fully saturated rings. The monoisotopic (exact) mass is 369 g/mol. The van der Waals surface area contributed by atoms with Crippen LogP contribution in [0.5, 0.6) is 0 Å². The Labute approximate surface area is 154 Å². The molecule has 0 aliphatic carbocycles. The molecular formula is C18H19N5O2S. The Kier molecular flexibility index (Phi) is 5.58. The number of thioether (sulfide) groups is 1. The van der Waals surface area contributed by atoms with Gasteiger partial charge in [0.15, 0.2) is 5.16 Å². The first-order valence-corrected chi connectivity index (χ1v) is 9.35. The molecule has 2 aromatic heterocycles. The highest BCUT2D eigenvalue weighted by molar-refractivity contribution is 7.99. The number of benzene rings is 1. The van der Waals surface area contributed by atoms with Crippen molar-refractivity contribution in [2.45, 2.75) is 31.5 Å². The summed E-state index contributed by atoms with van der Waals surface area (Å²) in [4.78, 5) is 24.7. The number of unbranched alkanes of at least 4 members (excludes halogenated alkanes) is 1. The molecule has 0 saturated carbocycles. The largest absolute Gasteiger partial charge is 0.344 e. The van der Waals surface area contributed by atoms with Crippen molar-refractivity contribution >= 4 is 34.3 Å². The van der Waals surface area contributed by atoms with Crippen LogP contribution in [-0.4, -0.2) is 37.4 Å². The van der Waals surface area contributed by atoms with Crippen LogP contribution in [0.1, 0.15) is 19.8 Å². The highest BCUT2D eigenvalue weighted by Gasteiger charge is 2.17. The van der Waals surface area contributed by atoms with E-state index in [1.165, 1.54) is 11.8 Å². The first-order chi connectivity index (χ1) is 12.7. The second-order valence-electron chi connectivity index (χ2n) is 5.72. The maximum Gasteiger partial charge on any atom is 0.262 e. The highest BCUT2D eigenvalue weighted by Crippen LogP contribution is 2.21. The molecule has 1 amide bonds. The lowest BCUT2D eigenvalue weighted by atomic mass is 10.2. The Bertz CT molecular complexity index is 1050. The summed E-state index contributed by atoms with van der Waals surface area (Å²) in [6.07, 6.45) is 6.99. The van der Waals surface area contributed by atoms with Crippen molar-refractivity contribution in [1.82, 2.24) is 24.5 Å². The number of amides is 1. The fourth-order valence-electron chi connectivity index (χ4n) is 2.68. The quantitative estimate of drug-likeness (QED) is 0.506. The van der Waals surface area contributed by atoms with Gasteiger partial charge in [0.1, 0.15) is 0 Å². The first kappa shape index (κ1) is 18.0. The maximum absolute atomic E-state index is 12.8. The van der Waals surface area contributed by atoms with Gasteiger partial charge in [0.25, 0.3) is 5.56 Å². The van der Waals surface area contributed by atoms with Gasteiger partial charge in [-0.15, -0.1) is 16.6 Å². The van der Waals surface area contributed by atoms with Crippen LogP contribution in [0.25, 0.3) is 16.7 Å². The summed E-state index contributed by atoms with van der Waals surface area (Å²) in [5.74, 6) is 2.86. The third kappa shape index (κ3) is 3.44. The van der Waals surface area contributed by atoms with Gasteiger partial charge >= 0.3 is 0 Å². The number of nitrogens with one attached hydrogen (secondary N) is 1. The molecule has 0 saturated heterocycles. The van der Waals surface area contributed by atoms with E-state index in [9.17, 15) is 9.59 Å². The van der Waals surface area contributed by atoms with Crippen LogP contribution in [0.2, 0.25) is 0 Å². The van der Waals surface area contributed by atoms with Crippen molar-refractivity contribution in [3.63, 3.8) is 0 Å². The number of para-hydroxylation sites is 1. The molecule has 134 valence electrons. The predicted octanol–water partition coefficient (Wildman–Crippen LogP) is 1.69. The smallest absolute Gasteiger partial charge is 0.262 e. The van der Waals surface area contributed by atoms with E-state index >= 15 is 0 Å². The molecule has 7 nitrogen and oxygen atoms in total. The molecule has 0 spiro atoms. The van der Waals surface area contributed by atoms with E-state index in [-0.39, 0.29) is 23.8 Å². The van der Waals surface area contributed by atoms with Gasteiger partial charge in [-0.05, 0) is 18.6 Å². The minimum Gasteiger partial charge on any atom is -0.344 e. The van der Waals surface area contributed by atoms with E-state index in [0.29, 0.717) is 22.9 Å². The molecule has 0 aliphatic heterocycles. The zero-order chi connectivity index (χ0) is 18.5. The van der Waals surface area contributed by atoms with E-state index in [1.54, 1.807) is 10.6 Å². The lowest BCUT2D eigenvalue weighted by Gasteiger charge is -2.10. The second-order valence-corrected chi connectivity index (χ2v) is 6.66. The molecule has 0 unspecified atom stereocenters. The van der Waals surface area contributed by atoms with Crippen LogP contribution in [-0.2, 0) is 11.3 Å². The van der Waals surface area contributed by atoms with Crippen LogP contribution in [0.15, 0.2) is 34.2 Å². The van der Waals surface area contributed by atoms with Gasteiger partial charge in [-0.1, -0.05) is 43.2 Å². The summed E-state index contributed by atoms with van der Waals surface area (Å²) in [5, 5.41) is 12.2. The van der Waals surface area contributed by atoms with Crippen LogP contribution in [0.4, 0.5) is 0 Å². The number of fused-ring (bicyclic) bond motifs is 3. The Balaban J connectivity index is 2.06. The Morgan fingerprint density at radius 3 is 2.92 bits per heavy atom. The van der Waals surface area contributed by atoms with Crippen molar-refractivity contribution in [2.75, 3.05) is 12.3 Å². The molecule has 3 aromatic rings. The topological polar surface area (TPSA) is 81.3 Å². The molecule has 0 atom stereocenters. The van der Waals surface area contributed by atoms with Crippen LogP contribution >= 0.6 is 11.8 Å². The Morgan fingerprint density at radius 2 is 2.15 bits per heavy atom. The van der Waals surface area contributed by atoms with Gasteiger partial charge in [-0.25, -0.2) is 0 Å². The molecule has 0 bridgehead atoms. The Hall–Kier alpha value is -2.79. The van der Waals surface area contributed by atoms with Gasteiger partial charge in [-0.2, -0.15) is 0 Å². The van der Waals surface area contributed by atoms with Crippen molar-refractivity contribution < 1.29 is 4.79 Å². The third-order valence-corrected chi connectivity index (χ3v) is 4.86. The standard InChI is InChI=1S/C18H19N5O2S/c1-3-5-11-22-16(25)13-8-6-7-9-14(13)23-17(22)20-21-18(23)26-12-15(24)19-10-4-2/h2,6-9H,3,5,10-12H2,1H3,(H,19,24). The van der Waals surface area contributed by atoms with Crippen molar-refractivity contribution in [3.8, 4) is 12.3 Å². The molecular weight excluding hydrogens is 350 g/mol. The number of terminal acetylenes is 1. The summed E-state index contributed by atoms with van der Waals surface area (Å²) in [7, 11) is 0. The number of nitrogens with zero attached hydrogens (tertiary/aromatic N) is 4. The fourth-order valence-corrected chi connectivity index (χ4v) is 3.45. The summed E-state index contributed by atoms with van der Waals surface area (Å²) in [6.45, 7) is 2.85. The summed E-state index contributed by atoms with van der Waals surface area (Å²) < 4.78 is 3.49. The summed E-state index contributed by atoms with van der Waals surface area (Å²) in [6, 6.07) is 7.36. The lowest BCUT2D eigenvalue weighted by molar-refractivity contribution is -0.118. The SMILES string of the molecule is C#CCNC(=O)CSc1nnc2n(CCCC)c(=O)c3ccccc3n12. The fraction of sp³-hybridized carbons (Fsp3) is 0.333. The number of aryl methyl sites for hydroxylation is 1. The number of carbonyl (C=O) groups is 1. The number of aromatic nitrogens is 4. The normalized spacial score (nSPS) is 10.9. The highest BCUT2D eigenvalue weighted by atomic mass is 32.2. The maximum atomic E-state index is 12.8.